The maximum absolute atomic E-state index is 12.6. The molecule has 158 valence electrons. The largest absolute Gasteiger partial charge is 0.469 e. The van der Waals surface area contributed by atoms with E-state index in [0.29, 0.717) is 19.4 Å². The average molecular weight is 401 g/mol. The molecule has 0 unspecified atom stereocenters. The molecule has 29 heavy (non-hydrogen) atoms. The van der Waals surface area contributed by atoms with Crippen molar-refractivity contribution in [1.82, 2.24) is 9.88 Å². The summed E-state index contributed by atoms with van der Waals surface area (Å²) in [4.78, 5) is 30.3. The number of H-pyrrole nitrogens is 1. The van der Waals surface area contributed by atoms with Gasteiger partial charge in [0.2, 0.25) is 5.91 Å². The van der Waals surface area contributed by atoms with Gasteiger partial charge >= 0.3 is 5.97 Å². The normalized spacial score (nSPS) is 23.2. The highest BCUT2D eigenvalue weighted by atomic mass is 16.5. The molecule has 2 aromatic rings. The van der Waals surface area contributed by atoms with Gasteiger partial charge in [0.25, 0.3) is 0 Å². The van der Waals surface area contributed by atoms with Gasteiger partial charge in [0.15, 0.2) is 0 Å². The topological polar surface area (TPSA) is 82.6 Å². The number of hydrogen-bond donors (Lipinski definition) is 2. The smallest absolute Gasteiger partial charge is 0.308 e. The Bertz CT molecular complexity index is 875. The highest BCUT2D eigenvalue weighted by molar-refractivity contribution is 5.85. The number of amides is 1. The number of aliphatic hydroxyl groups excluding tert-OH is 1. The molecule has 1 fully saturated rings. The van der Waals surface area contributed by atoms with Gasteiger partial charge in [-0.05, 0) is 36.3 Å². The van der Waals surface area contributed by atoms with Crippen molar-refractivity contribution in [2.45, 2.75) is 46.1 Å². The molecule has 1 saturated heterocycles. The number of nitrogens with one attached hydrogen (secondary N) is 1. The molecule has 0 aliphatic carbocycles. The van der Waals surface area contributed by atoms with Crippen LogP contribution in [0.3, 0.4) is 0 Å². The molecule has 2 N–H and O–H groups in total. The molecule has 3 rings (SSSR count). The van der Waals surface area contributed by atoms with Crippen LogP contribution in [0.4, 0.5) is 0 Å². The number of benzene rings is 1. The highest BCUT2D eigenvalue weighted by Crippen LogP contribution is 2.44. The monoisotopic (exact) mass is 400 g/mol. The lowest BCUT2D eigenvalue weighted by atomic mass is 9.72. The fourth-order valence-electron chi connectivity index (χ4n) is 5.01. The van der Waals surface area contributed by atoms with Crippen molar-refractivity contribution < 1.29 is 19.4 Å². The minimum Gasteiger partial charge on any atom is -0.469 e. The number of carbonyl (C=O) groups is 2. The number of aromatic nitrogens is 1. The van der Waals surface area contributed by atoms with Crippen LogP contribution >= 0.6 is 0 Å². The molecule has 0 bridgehead atoms. The molecule has 1 aliphatic heterocycles. The number of aliphatic hydroxyl groups is 1. The number of hydrogen-bond acceptors (Lipinski definition) is 4. The van der Waals surface area contributed by atoms with E-state index in [1.165, 1.54) is 7.11 Å². The summed E-state index contributed by atoms with van der Waals surface area (Å²) >= 11 is 0. The molecule has 1 amide bonds. The first-order valence-electron chi connectivity index (χ1n) is 10.5. The van der Waals surface area contributed by atoms with Gasteiger partial charge in [-0.1, -0.05) is 38.5 Å². The summed E-state index contributed by atoms with van der Waals surface area (Å²) in [5, 5.41) is 10.7. The van der Waals surface area contributed by atoms with Crippen LogP contribution in [0.2, 0.25) is 0 Å². The van der Waals surface area contributed by atoms with Gasteiger partial charge in [0.05, 0.1) is 19.1 Å². The number of aromatic amines is 1. The third kappa shape index (κ3) is 4.04. The summed E-state index contributed by atoms with van der Waals surface area (Å²) in [5.41, 5.74) is 3.04. The molecule has 0 spiro atoms. The summed E-state index contributed by atoms with van der Waals surface area (Å²) in [6.07, 6.45) is 2.12. The zero-order chi connectivity index (χ0) is 21.1. The predicted molar refractivity (Wildman–Crippen MR) is 112 cm³/mol. The van der Waals surface area contributed by atoms with Gasteiger partial charge < -0.3 is 19.7 Å². The van der Waals surface area contributed by atoms with E-state index in [1.807, 2.05) is 36.1 Å². The molecule has 1 aliphatic rings. The SMILES string of the molecule is CC[C@@H]1CN(C(C)=O)[C@H](c2[nH]c3ccccc3c2CCO)C[C@H]1[C@@H](C)C(=O)OC. The van der Waals surface area contributed by atoms with Crippen LogP contribution < -0.4 is 0 Å². The molecule has 6 nitrogen and oxygen atoms in total. The van der Waals surface area contributed by atoms with Crippen LogP contribution in [0.5, 0.6) is 0 Å². The van der Waals surface area contributed by atoms with Crippen molar-refractivity contribution in [1.29, 1.82) is 0 Å². The van der Waals surface area contributed by atoms with Gasteiger partial charge in [-0.25, -0.2) is 0 Å². The summed E-state index contributed by atoms with van der Waals surface area (Å²) < 4.78 is 5.02. The third-order valence-electron chi connectivity index (χ3n) is 6.59. The molecule has 2 heterocycles. The van der Waals surface area contributed by atoms with Crippen molar-refractivity contribution in [3.63, 3.8) is 0 Å². The van der Waals surface area contributed by atoms with E-state index >= 15 is 0 Å². The lowest BCUT2D eigenvalue weighted by molar-refractivity contribution is -0.150. The van der Waals surface area contributed by atoms with E-state index in [4.69, 9.17) is 4.74 Å². The fourth-order valence-corrected chi connectivity index (χ4v) is 5.01. The van der Waals surface area contributed by atoms with Crippen molar-refractivity contribution in [2.24, 2.45) is 17.8 Å². The number of likely N-dealkylation sites (tertiary alicyclic amines) is 1. The van der Waals surface area contributed by atoms with Crippen LogP contribution in [0.15, 0.2) is 24.3 Å². The number of carbonyl (C=O) groups excluding carboxylic acids is 2. The summed E-state index contributed by atoms with van der Waals surface area (Å²) in [6, 6.07) is 7.87. The van der Waals surface area contributed by atoms with E-state index < -0.39 is 0 Å². The number of piperidine rings is 1. The maximum atomic E-state index is 12.6. The quantitative estimate of drug-likeness (QED) is 0.728. The van der Waals surface area contributed by atoms with E-state index in [0.717, 1.165) is 28.6 Å². The summed E-state index contributed by atoms with van der Waals surface area (Å²) in [5.74, 6) is -0.0227. The molecular formula is C23H32N2O4. The number of rotatable bonds is 6. The van der Waals surface area contributed by atoms with Crippen LogP contribution in [-0.2, 0) is 20.7 Å². The lowest BCUT2D eigenvalue weighted by Crippen LogP contribution is -2.47. The number of nitrogens with zero attached hydrogens (tertiary/aromatic N) is 1. The fraction of sp³-hybridized carbons (Fsp3) is 0.565. The highest BCUT2D eigenvalue weighted by Gasteiger charge is 2.42. The number of esters is 1. The van der Waals surface area contributed by atoms with Crippen molar-refractivity contribution in [3.8, 4) is 0 Å². The molecule has 1 aromatic heterocycles. The van der Waals surface area contributed by atoms with Crippen LogP contribution in [-0.4, -0.2) is 47.1 Å². The maximum Gasteiger partial charge on any atom is 0.308 e. The molecule has 6 heteroatoms. The average Bonchev–Trinajstić information content (AvgIpc) is 3.10. The first-order valence-corrected chi connectivity index (χ1v) is 10.5. The minimum absolute atomic E-state index is 0.0335. The Hall–Kier alpha value is -2.34. The van der Waals surface area contributed by atoms with E-state index in [-0.39, 0.29) is 42.3 Å². The van der Waals surface area contributed by atoms with Crippen molar-refractivity contribution >= 4 is 22.8 Å². The first-order chi connectivity index (χ1) is 13.9. The molecule has 1 aromatic carbocycles. The van der Waals surface area contributed by atoms with Crippen molar-refractivity contribution in [2.75, 3.05) is 20.3 Å². The third-order valence-corrected chi connectivity index (χ3v) is 6.59. The number of para-hydroxylation sites is 1. The Labute approximate surface area is 172 Å². The predicted octanol–water partition coefficient (Wildman–Crippen LogP) is 3.45. The van der Waals surface area contributed by atoms with Gasteiger partial charge in [-0.3, -0.25) is 9.59 Å². The van der Waals surface area contributed by atoms with Gasteiger partial charge in [-0.15, -0.1) is 0 Å². The van der Waals surface area contributed by atoms with E-state index in [2.05, 4.69) is 11.9 Å². The second-order valence-electron chi connectivity index (χ2n) is 8.10. The summed E-state index contributed by atoms with van der Waals surface area (Å²) in [7, 11) is 1.43. The Balaban J connectivity index is 2.07. The Kier molecular flexibility index (Phi) is 6.63. The molecule has 0 radical (unpaired) electrons. The standard InChI is InChI=1S/C23H32N2O4/c1-5-16-13-25(15(3)27)21(12-19(16)14(2)23(28)29-4)22-18(10-11-26)17-8-6-7-9-20(17)24-22/h6-9,14,16,19,21,24,26H,5,10-13H2,1-4H3/t14-,16-,19+,21+/m1/s1. The van der Waals surface area contributed by atoms with Crippen molar-refractivity contribution in [3.05, 3.63) is 35.5 Å². The Morgan fingerprint density at radius 3 is 2.69 bits per heavy atom. The van der Waals surface area contributed by atoms with Crippen LogP contribution in [0, 0.1) is 17.8 Å². The van der Waals surface area contributed by atoms with Crippen LogP contribution in [0.25, 0.3) is 10.9 Å². The number of fused-ring (bicyclic) bond motifs is 1. The zero-order valence-corrected chi connectivity index (χ0v) is 17.8. The second kappa shape index (κ2) is 8.99. The minimum atomic E-state index is -0.229. The van der Waals surface area contributed by atoms with E-state index in [1.54, 1.807) is 6.92 Å². The number of ether oxygens (including phenoxy) is 1. The van der Waals surface area contributed by atoms with Gasteiger partial charge in [-0.2, -0.15) is 0 Å². The zero-order valence-electron chi connectivity index (χ0n) is 17.8. The molecule has 0 saturated carbocycles. The van der Waals surface area contributed by atoms with Crippen LogP contribution in [0.1, 0.15) is 50.9 Å². The second-order valence-corrected chi connectivity index (χ2v) is 8.10. The Morgan fingerprint density at radius 2 is 2.07 bits per heavy atom. The summed E-state index contributed by atoms with van der Waals surface area (Å²) in [6.45, 7) is 6.32. The lowest BCUT2D eigenvalue weighted by Gasteiger charge is -2.45. The van der Waals surface area contributed by atoms with E-state index in [9.17, 15) is 14.7 Å². The molecular weight excluding hydrogens is 368 g/mol. The van der Waals surface area contributed by atoms with Gasteiger partial charge in [0, 0.05) is 36.7 Å². The van der Waals surface area contributed by atoms with Gasteiger partial charge in [0.1, 0.15) is 0 Å². The number of methoxy groups -OCH3 is 1. The molecule has 4 atom stereocenters. The first kappa shape index (κ1) is 21.4. The Morgan fingerprint density at radius 1 is 1.34 bits per heavy atom.